The van der Waals surface area contributed by atoms with E-state index in [2.05, 4.69) is 10.6 Å². The molecule has 106 valence electrons. The van der Waals surface area contributed by atoms with Crippen LogP contribution in [0, 0.1) is 0 Å². The predicted molar refractivity (Wildman–Crippen MR) is 70.6 cm³/mol. The largest absolute Gasteiger partial charge is 0.383 e. The quantitative estimate of drug-likeness (QED) is 0.629. The van der Waals surface area contributed by atoms with E-state index < -0.39 is 0 Å². The van der Waals surface area contributed by atoms with Gasteiger partial charge in [0.1, 0.15) is 0 Å². The molecule has 1 heterocycles. The Kier molecular flexibility index (Phi) is 7.96. The maximum Gasteiger partial charge on any atom is 0.234 e. The minimum absolute atomic E-state index is 0.0177. The zero-order valence-electron chi connectivity index (χ0n) is 11.5. The lowest BCUT2D eigenvalue weighted by atomic mass is 10.1. The minimum atomic E-state index is 0.0177. The second-order valence-corrected chi connectivity index (χ2v) is 4.88. The van der Waals surface area contributed by atoms with Gasteiger partial charge < -0.3 is 20.1 Å². The van der Waals surface area contributed by atoms with Gasteiger partial charge in [0.2, 0.25) is 5.91 Å². The fourth-order valence-corrected chi connectivity index (χ4v) is 2.12. The van der Waals surface area contributed by atoms with Crippen LogP contribution in [0.3, 0.4) is 0 Å². The minimum Gasteiger partial charge on any atom is -0.383 e. The molecule has 5 heteroatoms. The molecule has 0 spiro atoms. The van der Waals surface area contributed by atoms with Gasteiger partial charge in [-0.25, -0.2) is 0 Å². The van der Waals surface area contributed by atoms with Crippen LogP contribution < -0.4 is 10.6 Å². The maximum absolute atomic E-state index is 11.5. The van der Waals surface area contributed by atoms with Crippen molar-refractivity contribution in [3.63, 3.8) is 0 Å². The average Bonchev–Trinajstić information content (AvgIpc) is 2.36. The Hall–Kier alpha value is -0.650. The number of rotatable bonds is 8. The topological polar surface area (TPSA) is 59.6 Å². The van der Waals surface area contributed by atoms with Crippen molar-refractivity contribution in [2.45, 2.75) is 44.8 Å². The number of carbonyl (C=O) groups excluding carboxylic acids is 1. The third-order valence-electron chi connectivity index (χ3n) is 3.03. The van der Waals surface area contributed by atoms with Crippen molar-refractivity contribution in [2.75, 3.05) is 33.4 Å². The van der Waals surface area contributed by atoms with E-state index in [1.807, 2.05) is 6.92 Å². The molecule has 0 aliphatic carbocycles. The first-order chi connectivity index (χ1) is 8.72. The first-order valence-electron chi connectivity index (χ1n) is 6.83. The highest BCUT2D eigenvalue weighted by Gasteiger charge is 2.13. The first-order valence-corrected chi connectivity index (χ1v) is 6.83. The van der Waals surface area contributed by atoms with Gasteiger partial charge in [-0.1, -0.05) is 0 Å². The molecule has 0 aromatic carbocycles. The standard InChI is InChI=1S/C13H26N2O3/c1-11(10-17-2)15-13(16)9-14-7-6-12-5-3-4-8-18-12/h11-12,14H,3-10H2,1-2H3,(H,15,16). The number of nitrogens with one attached hydrogen (secondary N) is 2. The van der Waals surface area contributed by atoms with Gasteiger partial charge in [0.05, 0.1) is 19.3 Å². The van der Waals surface area contributed by atoms with E-state index in [-0.39, 0.29) is 11.9 Å². The Labute approximate surface area is 110 Å². The van der Waals surface area contributed by atoms with Crippen LogP contribution in [-0.2, 0) is 14.3 Å². The molecule has 1 aliphatic heterocycles. The van der Waals surface area contributed by atoms with Crippen molar-refractivity contribution in [1.29, 1.82) is 0 Å². The zero-order valence-corrected chi connectivity index (χ0v) is 11.5. The SMILES string of the molecule is COCC(C)NC(=O)CNCCC1CCCCO1. The first kappa shape index (κ1) is 15.4. The summed E-state index contributed by atoms with van der Waals surface area (Å²) in [5.74, 6) is 0.0177. The molecule has 0 radical (unpaired) electrons. The second-order valence-electron chi connectivity index (χ2n) is 4.88. The van der Waals surface area contributed by atoms with Crippen LogP contribution >= 0.6 is 0 Å². The van der Waals surface area contributed by atoms with Gasteiger partial charge >= 0.3 is 0 Å². The van der Waals surface area contributed by atoms with E-state index in [1.54, 1.807) is 7.11 Å². The van der Waals surface area contributed by atoms with Gasteiger partial charge in [-0.05, 0) is 39.2 Å². The highest BCUT2D eigenvalue weighted by atomic mass is 16.5. The number of methoxy groups -OCH3 is 1. The number of amides is 1. The van der Waals surface area contributed by atoms with Gasteiger partial charge in [-0.3, -0.25) is 4.79 Å². The Balaban J connectivity index is 1.97. The molecule has 5 nitrogen and oxygen atoms in total. The summed E-state index contributed by atoms with van der Waals surface area (Å²) < 4.78 is 10.6. The van der Waals surface area contributed by atoms with Gasteiger partial charge in [0.15, 0.2) is 0 Å². The molecule has 2 N–H and O–H groups in total. The summed E-state index contributed by atoms with van der Waals surface area (Å²) >= 11 is 0. The molecule has 1 aliphatic rings. The molecule has 0 saturated carbocycles. The van der Waals surface area contributed by atoms with Gasteiger partial charge in [-0.2, -0.15) is 0 Å². The summed E-state index contributed by atoms with van der Waals surface area (Å²) in [6, 6.07) is 0.0611. The predicted octanol–water partition coefficient (Wildman–Crippen LogP) is 0.686. The summed E-state index contributed by atoms with van der Waals surface area (Å²) in [6.45, 7) is 4.55. The Bertz CT molecular complexity index is 230. The third-order valence-corrected chi connectivity index (χ3v) is 3.03. The van der Waals surface area contributed by atoms with Crippen LogP contribution in [0.25, 0.3) is 0 Å². The molecule has 1 amide bonds. The molecule has 0 bridgehead atoms. The number of carbonyl (C=O) groups is 1. The third kappa shape index (κ3) is 6.93. The van der Waals surface area contributed by atoms with Crippen LogP contribution in [0.2, 0.25) is 0 Å². The number of hydrogen-bond acceptors (Lipinski definition) is 4. The molecular formula is C13H26N2O3. The fraction of sp³-hybridized carbons (Fsp3) is 0.923. The fourth-order valence-electron chi connectivity index (χ4n) is 2.12. The second kappa shape index (κ2) is 9.30. The Morgan fingerprint density at radius 1 is 1.50 bits per heavy atom. The van der Waals surface area contributed by atoms with Crippen LogP contribution in [0.1, 0.15) is 32.6 Å². The zero-order chi connectivity index (χ0) is 13.2. The van der Waals surface area contributed by atoms with E-state index >= 15 is 0 Å². The van der Waals surface area contributed by atoms with E-state index in [0.29, 0.717) is 19.3 Å². The van der Waals surface area contributed by atoms with Crippen molar-refractivity contribution >= 4 is 5.91 Å². The molecule has 18 heavy (non-hydrogen) atoms. The maximum atomic E-state index is 11.5. The van der Waals surface area contributed by atoms with E-state index in [4.69, 9.17) is 9.47 Å². The summed E-state index contributed by atoms with van der Waals surface area (Å²) in [5.41, 5.74) is 0. The Morgan fingerprint density at radius 3 is 3.00 bits per heavy atom. The van der Waals surface area contributed by atoms with Gasteiger partial charge in [0, 0.05) is 19.8 Å². The van der Waals surface area contributed by atoms with Crippen molar-refractivity contribution in [3.05, 3.63) is 0 Å². The molecule has 1 fully saturated rings. The number of hydrogen-bond donors (Lipinski definition) is 2. The van der Waals surface area contributed by atoms with E-state index in [9.17, 15) is 4.79 Å². The summed E-state index contributed by atoms with van der Waals surface area (Å²) in [7, 11) is 1.63. The van der Waals surface area contributed by atoms with Gasteiger partial charge in [-0.15, -0.1) is 0 Å². The molecule has 1 rings (SSSR count). The lowest BCUT2D eigenvalue weighted by molar-refractivity contribution is -0.121. The average molecular weight is 258 g/mol. The molecule has 1 saturated heterocycles. The summed E-state index contributed by atoms with van der Waals surface area (Å²) in [4.78, 5) is 11.5. The van der Waals surface area contributed by atoms with Crippen LogP contribution in [0.4, 0.5) is 0 Å². The van der Waals surface area contributed by atoms with Crippen LogP contribution in [-0.4, -0.2) is 51.5 Å². The molecular weight excluding hydrogens is 232 g/mol. The lowest BCUT2D eigenvalue weighted by Crippen LogP contribution is -2.41. The molecule has 0 aromatic rings. The summed E-state index contributed by atoms with van der Waals surface area (Å²) in [6.07, 6.45) is 4.96. The smallest absolute Gasteiger partial charge is 0.234 e. The molecule has 2 unspecified atom stereocenters. The number of ether oxygens (including phenoxy) is 2. The van der Waals surface area contributed by atoms with Crippen molar-refractivity contribution in [1.82, 2.24) is 10.6 Å². The van der Waals surface area contributed by atoms with Crippen LogP contribution in [0.15, 0.2) is 0 Å². The Morgan fingerprint density at radius 2 is 2.33 bits per heavy atom. The highest BCUT2D eigenvalue weighted by molar-refractivity contribution is 5.78. The van der Waals surface area contributed by atoms with Crippen molar-refractivity contribution in [2.24, 2.45) is 0 Å². The normalized spacial score (nSPS) is 21.6. The summed E-state index contributed by atoms with van der Waals surface area (Å²) in [5, 5.41) is 6.01. The van der Waals surface area contributed by atoms with Crippen molar-refractivity contribution in [3.8, 4) is 0 Å². The van der Waals surface area contributed by atoms with Crippen LogP contribution in [0.5, 0.6) is 0 Å². The molecule has 2 atom stereocenters. The van der Waals surface area contributed by atoms with E-state index in [0.717, 1.165) is 26.0 Å². The molecule has 0 aromatic heterocycles. The van der Waals surface area contributed by atoms with Gasteiger partial charge in [0.25, 0.3) is 0 Å². The monoisotopic (exact) mass is 258 g/mol. The highest BCUT2D eigenvalue weighted by Crippen LogP contribution is 2.14. The van der Waals surface area contributed by atoms with E-state index in [1.165, 1.54) is 12.8 Å². The lowest BCUT2D eigenvalue weighted by Gasteiger charge is -2.22. The van der Waals surface area contributed by atoms with Crippen molar-refractivity contribution < 1.29 is 14.3 Å².